The monoisotopic (exact) mass is 252 g/mol. The molecule has 1 unspecified atom stereocenters. The Morgan fingerprint density at radius 3 is 2.50 bits per heavy atom. The molecule has 0 aliphatic carbocycles. The molecule has 0 saturated heterocycles. The van der Waals surface area contributed by atoms with Crippen molar-refractivity contribution in [2.75, 3.05) is 17.7 Å². The molecule has 1 rings (SSSR count). The van der Waals surface area contributed by atoms with Crippen LogP contribution in [0.1, 0.15) is 50.9 Å². The van der Waals surface area contributed by atoms with Gasteiger partial charge in [0.05, 0.1) is 0 Å². The van der Waals surface area contributed by atoms with Crippen LogP contribution in [0.5, 0.6) is 0 Å². The molecule has 0 spiro atoms. The van der Waals surface area contributed by atoms with Crippen LogP contribution in [0.25, 0.3) is 0 Å². The van der Waals surface area contributed by atoms with Crippen molar-refractivity contribution in [1.82, 2.24) is 9.97 Å². The molecule has 1 aromatic rings. The van der Waals surface area contributed by atoms with Crippen LogP contribution >= 0.6 is 0 Å². The van der Waals surface area contributed by atoms with Crippen molar-refractivity contribution < 1.29 is 5.11 Å². The summed E-state index contributed by atoms with van der Waals surface area (Å²) in [6.07, 6.45) is 1.64. The highest BCUT2D eigenvalue weighted by Crippen LogP contribution is 2.22. The number of rotatable bonds is 6. The summed E-state index contributed by atoms with van der Waals surface area (Å²) in [7, 11) is 0. The Hall–Kier alpha value is -1.36. The van der Waals surface area contributed by atoms with Crippen molar-refractivity contribution in [3.63, 3.8) is 0 Å². The quantitative estimate of drug-likeness (QED) is 0.721. The van der Waals surface area contributed by atoms with Gasteiger partial charge in [0.25, 0.3) is 0 Å². The smallest absolute Gasteiger partial charge is 0.135 e. The van der Waals surface area contributed by atoms with Crippen molar-refractivity contribution >= 4 is 11.6 Å². The molecule has 102 valence electrons. The number of nitrogens with one attached hydrogen (secondary N) is 1. The fourth-order valence-electron chi connectivity index (χ4n) is 1.68. The lowest BCUT2D eigenvalue weighted by Gasteiger charge is -2.19. The van der Waals surface area contributed by atoms with Crippen molar-refractivity contribution in [1.29, 1.82) is 0 Å². The lowest BCUT2D eigenvalue weighted by molar-refractivity contribution is 0.278. The summed E-state index contributed by atoms with van der Waals surface area (Å²) in [4.78, 5) is 8.81. The molecular formula is C13H24N4O. The second-order valence-electron chi connectivity index (χ2n) is 4.86. The van der Waals surface area contributed by atoms with Gasteiger partial charge in [-0.25, -0.2) is 9.97 Å². The van der Waals surface area contributed by atoms with Gasteiger partial charge in [0.2, 0.25) is 0 Å². The molecule has 1 aromatic heterocycles. The van der Waals surface area contributed by atoms with Gasteiger partial charge in [-0.2, -0.15) is 0 Å². The topological polar surface area (TPSA) is 84.1 Å². The van der Waals surface area contributed by atoms with E-state index < -0.39 is 0 Å². The minimum Gasteiger partial charge on any atom is -0.396 e. The molecule has 1 heterocycles. The number of hydrogen-bond acceptors (Lipinski definition) is 5. The Morgan fingerprint density at radius 1 is 1.33 bits per heavy atom. The number of nitrogens with zero attached hydrogens (tertiary/aromatic N) is 2. The van der Waals surface area contributed by atoms with Crippen LogP contribution in [0.15, 0.2) is 0 Å². The third kappa shape index (κ3) is 3.57. The predicted molar refractivity (Wildman–Crippen MR) is 74.7 cm³/mol. The van der Waals surface area contributed by atoms with Crippen molar-refractivity contribution in [3.8, 4) is 0 Å². The minimum atomic E-state index is 0.169. The second kappa shape index (κ2) is 6.54. The highest BCUT2D eigenvalue weighted by Gasteiger charge is 2.14. The van der Waals surface area contributed by atoms with Crippen LogP contribution < -0.4 is 11.1 Å². The van der Waals surface area contributed by atoms with E-state index in [4.69, 9.17) is 10.8 Å². The Bertz CT molecular complexity index is 393. The maximum atomic E-state index is 9.02. The molecule has 0 amide bonds. The summed E-state index contributed by atoms with van der Waals surface area (Å²) in [5.41, 5.74) is 6.78. The van der Waals surface area contributed by atoms with Gasteiger partial charge in [-0.1, -0.05) is 20.8 Å². The molecule has 5 nitrogen and oxygen atoms in total. The molecule has 4 N–H and O–H groups in total. The third-order valence-corrected chi connectivity index (χ3v) is 3.03. The highest BCUT2D eigenvalue weighted by atomic mass is 16.3. The highest BCUT2D eigenvalue weighted by molar-refractivity contribution is 5.55. The van der Waals surface area contributed by atoms with Crippen LogP contribution in [0.4, 0.5) is 11.6 Å². The summed E-state index contributed by atoms with van der Waals surface area (Å²) >= 11 is 0. The van der Waals surface area contributed by atoms with Crippen molar-refractivity contribution in [2.45, 2.75) is 52.5 Å². The maximum Gasteiger partial charge on any atom is 0.135 e. The summed E-state index contributed by atoms with van der Waals surface area (Å²) < 4.78 is 0. The fourth-order valence-corrected chi connectivity index (χ4v) is 1.68. The number of anilines is 2. The predicted octanol–water partition coefficient (Wildman–Crippen LogP) is 2.06. The number of nitrogens with two attached hydrogens (primary N) is 1. The van der Waals surface area contributed by atoms with Gasteiger partial charge in [-0.15, -0.1) is 0 Å². The maximum absolute atomic E-state index is 9.02. The number of aliphatic hydroxyl groups excluding tert-OH is 1. The van der Waals surface area contributed by atoms with E-state index in [2.05, 4.69) is 22.2 Å². The minimum absolute atomic E-state index is 0.169. The molecule has 1 atom stereocenters. The molecule has 0 aromatic carbocycles. The first-order valence-electron chi connectivity index (χ1n) is 6.50. The summed E-state index contributed by atoms with van der Waals surface area (Å²) in [5.74, 6) is 2.30. The molecule has 0 aliphatic heterocycles. The first kappa shape index (κ1) is 14.7. The van der Waals surface area contributed by atoms with Gasteiger partial charge in [-0.3, -0.25) is 0 Å². The number of hydrogen-bond donors (Lipinski definition) is 3. The first-order valence-corrected chi connectivity index (χ1v) is 6.50. The van der Waals surface area contributed by atoms with Gasteiger partial charge in [-0.05, 0) is 19.8 Å². The second-order valence-corrected chi connectivity index (χ2v) is 4.86. The zero-order valence-electron chi connectivity index (χ0n) is 11.7. The van der Waals surface area contributed by atoms with E-state index in [-0.39, 0.29) is 18.6 Å². The first-order chi connectivity index (χ1) is 8.49. The van der Waals surface area contributed by atoms with Crippen LogP contribution in [0.2, 0.25) is 0 Å². The average molecular weight is 252 g/mol. The molecule has 0 bridgehead atoms. The van der Waals surface area contributed by atoms with E-state index >= 15 is 0 Å². The number of nitrogen functional groups attached to an aromatic ring is 1. The van der Waals surface area contributed by atoms with Crippen LogP contribution in [-0.2, 0) is 0 Å². The Labute approximate surface area is 109 Å². The summed E-state index contributed by atoms with van der Waals surface area (Å²) in [6.45, 7) is 8.24. The molecule has 0 aliphatic rings. The fraction of sp³-hybridized carbons (Fsp3) is 0.692. The van der Waals surface area contributed by atoms with E-state index in [9.17, 15) is 0 Å². The lowest BCUT2D eigenvalue weighted by Crippen LogP contribution is -2.22. The van der Waals surface area contributed by atoms with Crippen molar-refractivity contribution in [3.05, 3.63) is 11.4 Å². The summed E-state index contributed by atoms with van der Waals surface area (Å²) in [5, 5.41) is 12.4. The summed E-state index contributed by atoms with van der Waals surface area (Å²) in [6, 6.07) is 0.211. The van der Waals surface area contributed by atoms with Crippen molar-refractivity contribution in [2.24, 2.45) is 0 Å². The van der Waals surface area contributed by atoms with Gasteiger partial charge < -0.3 is 16.2 Å². The standard InChI is InChI=1S/C13H24N4O/c1-5-10(6-7-18)15-13-9(4)11(14)16-12(17-13)8(2)3/h8,10,18H,5-7H2,1-4H3,(H3,14,15,16,17). The third-order valence-electron chi connectivity index (χ3n) is 3.03. The molecule has 18 heavy (non-hydrogen) atoms. The molecular weight excluding hydrogens is 228 g/mol. The van der Waals surface area contributed by atoms with E-state index in [1.165, 1.54) is 0 Å². The SMILES string of the molecule is CCC(CCO)Nc1nc(C(C)C)nc(N)c1C. The number of aliphatic hydroxyl groups is 1. The Balaban J connectivity index is 2.99. The Morgan fingerprint density at radius 2 is 2.00 bits per heavy atom. The molecule has 0 saturated carbocycles. The largest absolute Gasteiger partial charge is 0.396 e. The normalized spacial score (nSPS) is 12.8. The van der Waals surface area contributed by atoms with E-state index in [0.717, 1.165) is 23.6 Å². The van der Waals surface area contributed by atoms with E-state index in [1.807, 2.05) is 20.8 Å². The van der Waals surface area contributed by atoms with Crippen LogP contribution in [-0.4, -0.2) is 27.7 Å². The molecule has 0 radical (unpaired) electrons. The average Bonchev–Trinajstić information content (AvgIpc) is 2.33. The van der Waals surface area contributed by atoms with Gasteiger partial charge in [0.15, 0.2) is 0 Å². The zero-order valence-corrected chi connectivity index (χ0v) is 11.7. The zero-order chi connectivity index (χ0) is 13.7. The van der Waals surface area contributed by atoms with E-state index in [0.29, 0.717) is 12.2 Å². The Kier molecular flexibility index (Phi) is 5.34. The lowest BCUT2D eigenvalue weighted by atomic mass is 10.1. The number of aromatic nitrogens is 2. The molecule has 0 fully saturated rings. The molecule has 5 heteroatoms. The van der Waals surface area contributed by atoms with Gasteiger partial charge in [0, 0.05) is 24.1 Å². The van der Waals surface area contributed by atoms with Gasteiger partial charge in [0.1, 0.15) is 17.5 Å². The van der Waals surface area contributed by atoms with Crippen LogP contribution in [0.3, 0.4) is 0 Å². The van der Waals surface area contributed by atoms with Crippen LogP contribution in [0, 0.1) is 6.92 Å². The van der Waals surface area contributed by atoms with E-state index in [1.54, 1.807) is 0 Å². The van der Waals surface area contributed by atoms with Gasteiger partial charge >= 0.3 is 0 Å².